The maximum atomic E-state index is 13.2. The van der Waals surface area contributed by atoms with Gasteiger partial charge in [0.15, 0.2) is 0 Å². The molecule has 0 radical (unpaired) electrons. The molecule has 20 heavy (non-hydrogen) atoms. The average Bonchev–Trinajstić information content (AvgIpc) is 2.31. The van der Waals surface area contributed by atoms with Crippen molar-refractivity contribution in [1.82, 2.24) is 0 Å². The number of alkyl halides is 3. The van der Waals surface area contributed by atoms with Crippen LogP contribution in [0.25, 0.3) is 0 Å². The highest BCUT2D eigenvalue weighted by molar-refractivity contribution is 9.10. The molecule has 1 aromatic rings. The Kier molecular flexibility index (Phi) is 4.96. The molecule has 0 heterocycles. The molecule has 0 amide bonds. The maximum absolute atomic E-state index is 13.2. The highest BCUT2D eigenvalue weighted by atomic mass is 79.9. The largest absolute Gasteiger partial charge is 0.418 e. The van der Waals surface area contributed by atoms with Gasteiger partial charge < -0.3 is 10.0 Å². The summed E-state index contributed by atoms with van der Waals surface area (Å²) < 4.78 is 40.0. The Balaban J connectivity index is 2.36. The van der Waals surface area contributed by atoms with Gasteiger partial charge >= 0.3 is 6.18 Å². The van der Waals surface area contributed by atoms with Crippen molar-refractivity contribution in [2.75, 3.05) is 18.1 Å². The van der Waals surface area contributed by atoms with Crippen LogP contribution in [0.2, 0.25) is 0 Å². The lowest BCUT2D eigenvalue weighted by molar-refractivity contribution is -0.137. The second-order valence-corrected chi connectivity index (χ2v) is 5.93. The van der Waals surface area contributed by atoms with E-state index in [4.69, 9.17) is 5.11 Å². The fourth-order valence-corrected chi connectivity index (χ4v) is 2.79. The predicted octanol–water partition coefficient (Wildman–Crippen LogP) is 4.21. The van der Waals surface area contributed by atoms with Crippen LogP contribution in [0.15, 0.2) is 22.7 Å². The third kappa shape index (κ3) is 3.47. The van der Waals surface area contributed by atoms with Crippen LogP contribution in [0.5, 0.6) is 0 Å². The Morgan fingerprint density at radius 3 is 2.50 bits per heavy atom. The Hall–Kier alpha value is -0.750. The minimum atomic E-state index is -4.37. The molecule has 0 bridgehead atoms. The molecule has 0 unspecified atom stereocenters. The number of aliphatic hydroxyl groups excluding tert-OH is 1. The minimum absolute atomic E-state index is 0.0128. The molecule has 6 heteroatoms. The van der Waals surface area contributed by atoms with E-state index >= 15 is 0 Å². The summed E-state index contributed by atoms with van der Waals surface area (Å²) in [6, 6.07) is 4.43. The predicted molar refractivity (Wildman–Crippen MR) is 75.8 cm³/mol. The van der Waals surface area contributed by atoms with Crippen molar-refractivity contribution in [2.24, 2.45) is 0 Å². The van der Waals surface area contributed by atoms with Gasteiger partial charge in [0.05, 0.1) is 5.56 Å². The van der Waals surface area contributed by atoms with Crippen LogP contribution in [-0.2, 0) is 6.18 Å². The van der Waals surface area contributed by atoms with Gasteiger partial charge in [-0.3, -0.25) is 0 Å². The summed E-state index contributed by atoms with van der Waals surface area (Å²) in [6.07, 6.45) is -1.01. The number of aliphatic hydroxyl groups is 1. The van der Waals surface area contributed by atoms with E-state index in [1.165, 1.54) is 6.07 Å². The highest BCUT2D eigenvalue weighted by Crippen LogP contribution is 2.41. The van der Waals surface area contributed by atoms with Gasteiger partial charge in [-0.05, 0) is 43.9 Å². The molecule has 1 aliphatic carbocycles. The lowest BCUT2D eigenvalue weighted by atomic mass is 9.90. The topological polar surface area (TPSA) is 23.5 Å². The molecule has 0 aliphatic heterocycles. The molecule has 0 atom stereocenters. The normalized spacial score (nSPS) is 16.1. The molecule has 2 nitrogen and oxygen atoms in total. The zero-order valence-electron chi connectivity index (χ0n) is 11.0. The molecular weight excluding hydrogens is 335 g/mol. The first-order valence-corrected chi connectivity index (χ1v) is 7.47. The van der Waals surface area contributed by atoms with E-state index in [-0.39, 0.29) is 18.3 Å². The minimum Gasteiger partial charge on any atom is -0.396 e. The number of rotatable bonds is 5. The number of nitrogens with zero attached hydrogens (tertiary/aromatic N) is 1. The van der Waals surface area contributed by atoms with Gasteiger partial charge in [0.2, 0.25) is 0 Å². The van der Waals surface area contributed by atoms with Gasteiger partial charge in [0.1, 0.15) is 0 Å². The van der Waals surface area contributed by atoms with E-state index in [1.54, 1.807) is 11.0 Å². The van der Waals surface area contributed by atoms with Gasteiger partial charge in [0, 0.05) is 29.4 Å². The third-order valence-electron chi connectivity index (χ3n) is 3.65. The number of halogens is 4. The summed E-state index contributed by atoms with van der Waals surface area (Å²) in [7, 11) is 0. The van der Waals surface area contributed by atoms with Gasteiger partial charge in [-0.25, -0.2) is 0 Å². The standard InChI is InChI=1S/C14H17BrF3NO/c15-10-5-6-13(12(9-10)14(16,17)18)19(7-2-8-20)11-3-1-4-11/h5-6,9,11,20H,1-4,7-8H2. The van der Waals surface area contributed by atoms with Crippen molar-refractivity contribution in [3.8, 4) is 0 Å². The van der Waals surface area contributed by atoms with Crippen LogP contribution in [0.4, 0.5) is 18.9 Å². The van der Waals surface area contributed by atoms with Crippen molar-refractivity contribution in [1.29, 1.82) is 0 Å². The first-order valence-electron chi connectivity index (χ1n) is 6.67. The molecule has 112 valence electrons. The SMILES string of the molecule is OCCCN(c1ccc(Br)cc1C(F)(F)F)C1CCC1. The van der Waals surface area contributed by atoms with E-state index in [2.05, 4.69) is 15.9 Å². The Morgan fingerprint density at radius 2 is 2.00 bits per heavy atom. The monoisotopic (exact) mass is 351 g/mol. The quantitative estimate of drug-likeness (QED) is 0.858. The first-order chi connectivity index (χ1) is 9.43. The second kappa shape index (κ2) is 6.35. The van der Waals surface area contributed by atoms with Crippen LogP contribution in [0.3, 0.4) is 0 Å². The third-order valence-corrected chi connectivity index (χ3v) is 4.14. The molecular formula is C14H17BrF3NO. The van der Waals surface area contributed by atoms with Gasteiger partial charge in [-0.2, -0.15) is 13.2 Å². The first kappa shape index (κ1) is 15.6. The van der Waals surface area contributed by atoms with E-state index < -0.39 is 11.7 Å². The molecule has 2 rings (SSSR count). The van der Waals surface area contributed by atoms with Gasteiger partial charge in [-0.15, -0.1) is 0 Å². The van der Waals surface area contributed by atoms with Crippen LogP contribution in [0.1, 0.15) is 31.2 Å². The van der Waals surface area contributed by atoms with E-state index in [9.17, 15) is 13.2 Å². The molecule has 1 saturated carbocycles. The molecule has 1 aromatic carbocycles. The molecule has 1 fully saturated rings. The molecule has 1 aliphatic rings. The van der Waals surface area contributed by atoms with Gasteiger partial charge in [0.25, 0.3) is 0 Å². The second-order valence-electron chi connectivity index (χ2n) is 5.01. The summed E-state index contributed by atoms with van der Waals surface area (Å²) in [6.45, 7) is 0.437. The zero-order valence-corrected chi connectivity index (χ0v) is 12.5. The summed E-state index contributed by atoms with van der Waals surface area (Å²) in [4.78, 5) is 1.80. The smallest absolute Gasteiger partial charge is 0.396 e. The number of anilines is 1. The van der Waals surface area contributed by atoms with Gasteiger partial charge in [-0.1, -0.05) is 15.9 Å². The van der Waals surface area contributed by atoms with Crippen molar-refractivity contribution < 1.29 is 18.3 Å². The molecule has 0 spiro atoms. The molecule has 0 aromatic heterocycles. The number of benzene rings is 1. The Morgan fingerprint density at radius 1 is 1.30 bits per heavy atom. The van der Waals surface area contributed by atoms with E-state index in [0.717, 1.165) is 25.3 Å². The fourth-order valence-electron chi connectivity index (χ4n) is 2.42. The number of hydrogen-bond donors (Lipinski definition) is 1. The summed E-state index contributed by atoms with van der Waals surface area (Å²) in [5.41, 5.74) is -0.393. The lowest BCUT2D eigenvalue weighted by Gasteiger charge is -2.40. The summed E-state index contributed by atoms with van der Waals surface area (Å²) >= 11 is 3.10. The van der Waals surface area contributed by atoms with Crippen LogP contribution >= 0.6 is 15.9 Å². The van der Waals surface area contributed by atoms with E-state index in [1.807, 2.05) is 0 Å². The van der Waals surface area contributed by atoms with Crippen molar-refractivity contribution in [2.45, 2.75) is 37.9 Å². The Bertz CT molecular complexity index is 460. The lowest BCUT2D eigenvalue weighted by Crippen LogP contribution is -2.42. The number of hydrogen-bond acceptors (Lipinski definition) is 2. The van der Waals surface area contributed by atoms with Crippen LogP contribution < -0.4 is 4.90 Å². The zero-order chi connectivity index (χ0) is 14.8. The van der Waals surface area contributed by atoms with Crippen LogP contribution in [-0.4, -0.2) is 24.3 Å². The van der Waals surface area contributed by atoms with Crippen molar-refractivity contribution >= 4 is 21.6 Å². The summed E-state index contributed by atoms with van der Waals surface area (Å²) in [5.74, 6) is 0. The van der Waals surface area contributed by atoms with Crippen molar-refractivity contribution in [3.63, 3.8) is 0 Å². The highest BCUT2D eigenvalue weighted by Gasteiger charge is 2.37. The van der Waals surface area contributed by atoms with E-state index in [0.29, 0.717) is 17.4 Å². The maximum Gasteiger partial charge on any atom is 0.418 e. The van der Waals surface area contributed by atoms with Crippen LogP contribution in [0, 0.1) is 0 Å². The fraction of sp³-hybridized carbons (Fsp3) is 0.571. The summed E-state index contributed by atoms with van der Waals surface area (Å²) in [5, 5.41) is 8.95. The Labute approximate surface area is 124 Å². The molecule has 0 saturated heterocycles. The van der Waals surface area contributed by atoms with Crippen molar-refractivity contribution in [3.05, 3.63) is 28.2 Å². The molecule has 1 N–H and O–H groups in total. The average molecular weight is 352 g/mol.